The molecule has 0 saturated carbocycles. The van der Waals surface area contributed by atoms with Gasteiger partial charge in [-0.05, 0) is 56.3 Å². The number of halogens is 1. The van der Waals surface area contributed by atoms with Crippen LogP contribution in [0.5, 0.6) is 0 Å². The minimum absolute atomic E-state index is 0. The van der Waals surface area contributed by atoms with Crippen LogP contribution in [0, 0.1) is 5.92 Å². The molecule has 5 nitrogen and oxygen atoms in total. The zero-order chi connectivity index (χ0) is 16.1. The van der Waals surface area contributed by atoms with E-state index in [0.29, 0.717) is 12.3 Å². The van der Waals surface area contributed by atoms with Gasteiger partial charge in [0.05, 0.1) is 6.54 Å². The smallest absolute Gasteiger partial charge is 0.246 e. The summed E-state index contributed by atoms with van der Waals surface area (Å²) in [5.41, 5.74) is 2.21. The van der Waals surface area contributed by atoms with Crippen molar-refractivity contribution in [2.45, 2.75) is 32.1 Å². The lowest BCUT2D eigenvalue weighted by Crippen LogP contribution is -2.42. The van der Waals surface area contributed by atoms with Crippen LogP contribution in [0.15, 0.2) is 24.3 Å². The third-order valence-corrected chi connectivity index (χ3v) is 4.79. The molecule has 0 aromatic heterocycles. The Hall–Kier alpha value is -1.59. The molecule has 2 N–H and O–H groups in total. The molecule has 0 aliphatic carbocycles. The lowest BCUT2D eigenvalue weighted by Gasteiger charge is -2.29. The van der Waals surface area contributed by atoms with E-state index >= 15 is 0 Å². The van der Waals surface area contributed by atoms with E-state index in [-0.39, 0.29) is 30.8 Å². The number of anilines is 1. The van der Waals surface area contributed by atoms with Crippen molar-refractivity contribution >= 4 is 29.9 Å². The van der Waals surface area contributed by atoms with E-state index < -0.39 is 0 Å². The van der Waals surface area contributed by atoms with E-state index in [0.717, 1.165) is 51.0 Å². The van der Waals surface area contributed by atoms with E-state index in [1.807, 2.05) is 18.2 Å². The van der Waals surface area contributed by atoms with Crippen LogP contribution < -0.4 is 15.5 Å². The molecule has 6 heteroatoms. The lowest BCUT2D eigenvalue weighted by atomic mass is 10.0. The molecule has 2 heterocycles. The number of hydrogen-bond acceptors (Lipinski definition) is 3. The maximum absolute atomic E-state index is 12.4. The summed E-state index contributed by atoms with van der Waals surface area (Å²) in [5.74, 6) is 0.564. The Morgan fingerprint density at radius 2 is 2.12 bits per heavy atom. The quantitative estimate of drug-likeness (QED) is 0.851. The number of nitrogens with zero attached hydrogens (tertiary/aromatic N) is 1. The molecule has 2 aliphatic rings. The molecule has 1 saturated heterocycles. The minimum Gasteiger partial charge on any atom is -0.347 e. The van der Waals surface area contributed by atoms with Crippen molar-refractivity contribution < 1.29 is 9.59 Å². The van der Waals surface area contributed by atoms with Gasteiger partial charge in [0.25, 0.3) is 0 Å². The summed E-state index contributed by atoms with van der Waals surface area (Å²) in [6.45, 7) is 2.89. The standard InChI is InChI=1S/C18H25N3O2.ClH/c22-17(8-7-14-9-10-19-12-14)20-13-18(23)21-11-3-5-15-4-1-2-6-16(15)21;/h1-2,4,6,14,19H,3,5,7-13H2,(H,20,22);1H. The molecule has 1 fully saturated rings. The van der Waals surface area contributed by atoms with E-state index in [2.05, 4.69) is 16.7 Å². The van der Waals surface area contributed by atoms with Crippen molar-refractivity contribution in [1.29, 1.82) is 0 Å². The van der Waals surface area contributed by atoms with Crippen molar-refractivity contribution in [3.63, 3.8) is 0 Å². The molecular formula is C18H26ClN3O2. The second-order valence-corrected chi connectivity index (χ2v) is 6.45. The first-order valence-corrected chi connectivity index (χ1v) is 8.60. The first-order valence-electron chi connectivity index (χ1n) is 8.60. The average Bonchev–Trinajstić information content (AvgIpc) is 3.11. The summed E-state index contributed by atoms with van der Waals surface area (Å²) in [4.78, 5) is 26.2. The van der Waals surface area contributed by atoms with Gasteiger partial charge in [0, 0.05) is 18.7 Å². The Morgan fingerprint density at radius 3 is 2.92 bits per heavy atom. The second-order valence-electron chi connectivity index (χ2n) is 6.45. The number of hydrogen-bond donors (Lipinski definition) is 2. The van der Waals surface area contributed by atoms with Crippen molar-refractivity contribution in [3.8, 4) is 0 Å². The summed E-state index contributed by atoms with van der Waals surface area (Å²) < 4.78 is 0. The fraction of sp³-hybridized carbons (Fsp3) is 0.556. The predicted octanol–water partition coefficient (Wildman–Crippen LogP) is 1.89. The molecular weight excluding hydrogens is 326 g/mol. The highest BCUT2D eigenvalue weighted by atomic mass is 35.5. The maximum atomic E-state index is 12.4. The van der Waals surface area contributed by atoms with Crippen LogP contribution in [0.2, 0.25) is 0 Å². The zero-order valence-corrected chi connectivity index (χ0v) is 14.7. The fourth-order valence-corrected chi connectivity index (χ4v) is 3.45. The van der Waals surface area contributed by atoms with Crippen LogP contribution in [-0.4, -0.2) is 38.0 Å². The second kappa shape index (κ2) is 9.04. The van der Waals surface area contributed by atoms with E-state index in [9.17, 15) is 9.59 Å². The molecule has 132 valence electrons. The Kier molecular flexibility index (Phi) is 7.06. The molecule has 0 radical (unpaired) electrons. The molecule has 0 spiro atoms. The zero-order valence-electron chi connectivity index (χ0n) is 13.9. The SMILES string of the molecule is Cl.O=C(CCC1CCNC1)NCC(=O)N1CCCc2ccccc21. The van der Waals surface area contributed by atoms with Gasteiger partial charge in [0.2, 0.25) is 11.8 Å². The minimum atomic E-state index is -0.0203. The summed E-state index contributed by atoms with van der Waals surface area (Å²) in [5, 5.41) is 6.09. The Balaban J connectivity index is 0.00000208. The van der Waals surface area contributed by atoms with Crippen molar-refractivity contribution in [3.05, 3.63) is 29.8 Å². The predicted molar refractivity (Wildman–Crippen MR) is 97.6 cm³/mol. The van der Waals surface area contributed by atoms with Gasteiger partial charge in [0.15, 0.2) is 0 Å². The van der Waals surface area contributed by atoms with Crippen LogP contribution >= 0.6 is 12.4 Å². The number of carbonyl (C=O) groups excluding carboxylic acids is 2. The Labute approximate surface area is 149 Å². The van der Waals surface area contributed by atoms with Gasteiger partial charge in [-0.3, -0.25) is 9.59 Å². The van der Waals surface area contributed by atoms with Crippen molar-refractivity contribution in [2.75, 3.05) is 31.1 Å². The molecule has 0 bridgehead atoms. The van der Waals surface area contributed by atoms with Gasteiger partial charge in [0.1, 0.15) is 0 Å². The summed E-state index contributed by atoms with van der Waals surface area (Å²) in [6.07, 6.45) is 4.56. The fourth-order valence-electron chi connectivity index (χ4n) is 3.45. The molecule has 1 atom stereocenters. The van der Waals surface area contributed by atoms with Crippen LogP contribution in [0.1, 0.15) is 31.2 Å². The molecule has 2 amide bonds. The Morgan fingerprint density at radius 1 is 1.29 bits per heavy atom. The first kappa shape index (κ1) is 18.7. The molecule has 24 heavy (non-hydrogen) atoms. The Bertz CT molecular complexity index is 573. The summed E-state index contributed by atoms with van der Waals surface area (Å²) >= 11 is 0. The van der Waals surface area contributed by atoms with Gasteiger partial charge in [-0.25, -0.2) is 0 Å². The lowest BCUT2D eigenvalue weighted by molar-refractivity contribution is -0.125. The van der Waals surface area contributed by atoms with Crippen molar-refractivity contribution in [2.24, 2.45) is 5.92 Å². The van der Waals surface area contributed by atoms with Gasteiger partial charge in [-0.15, -0.1) is 12.4 Å². The highest BCUT2D eigenvalue weighted by Crippen LogP contribution is 2.26. The topological polar surface area (TPSA) is 61.4 Å². The van der Waals surface area contributed by atoms with Gasteiger partial charge in [-0.2, -0.15) is 0 Å². The maximum Gasteiger partial charge on any atom is 0.246 e. The molecule has 1 aromatic rings. The number of fused-ring (bicyclic) bond motifs is 1. The number of carbonyl (C=O) groups is 2. The number of nitrogens with one attached hydrogen (secondary N) is 2. The van der Waals surface area contributed by atoms with Gasteiger partial charge >= 0.3 is 0 Å². The molecule has 2 aliphatic heterocycles. The highest BCUT2D eigenvalue weighted by Gasteiger charge is 2.22. The largest absolute Gasteiger partial charge is 0.347 e. The summed E-state index contributed by atoms with van der Waals surface area (Å²) in [6, 6.07) is 8.02. The number of aryl methyl sites for hydroxylation is 1. The van der Waals surface area contributed by atoms with Crippen LogP contribution in [0.25, 0.3) is 0 Å². The number of amides is 2. The third-order valence-electron chi connectivity index (χ3n) is 4.79. The van der Waals surface area contributed by atoms with Crippen molar-refractivity contribution in [1.82, 2.24) is 10.6 Å². The highest BCUT2D eigenvalue weighted by molar-refractivity contribution is 5.97. The number of para-hydroxylation sites is 1. The van der Waals surface area contributed by atoms with Gasteiger partial charge < -0.3 is 15.5 Å². The van der Waals surface area contributed by atoms with Gasteiger partial charge in [-0.1, -0.05) is 18.2 Å². The number of rotatable bonds is 5. The van der Waals surface area contributed by atoms with Crippen LogP contribution in [-0.2, 0) is 16.0 Å². The normalized spacial score (nSPS) is 19.3. The molecule has 1 aromatic carbocycles. The average molecular weight is 352 g/mol. The number of benzene rings is 1. The third kappa shape index (κ3) is 4.71. The molecule has 1 unspecified atom stereocenters. The molecule has 3 rings (SSSR count). The van der Waals surface area contributed by atoms with E-state index in [4.69, 9.17) is 0 Å². The summed E-state index contributed by atoms with van der Waals surface area (Å²) in [7, 11) is 0. The van der Waals surface area contributed by atoms with Crippen LogP contribution in [0.4, 0.5) is 5.69 Å². The first-order chi connectivity index (χ1) is 11.2. The van der Waals surface area contributed by atoms with E-state index in [1.54, 1.807) is 4.90 Å². The monoisotopic (exact) mass is 351 g/mol. The van der Waals surface area contributed by atoms with E-state index in [1.165, 1.54) is 5.56 Å². The van der Waals surface area contributed by atoms with Crippen LogP contribution in [0.3, 0.4) is 0 Å².